The fourth-order valence-corrected chi connectivity index (χ4v) is 2.52. The summed E-state index contributed by atoms with van der Waals surface area (Å²) in [6.07, 6.45) is 0.522. The molecule has 3 aromatic rings. The van der Waals surface area contributed by atoms with Gasteiger partial charge < -0.3 is 9.15 Å². The molecule has 1 heterocycles. The predicted molar refractivity (Wildman–Crippen MR) is 94.0 cm³/mol. The summed E-state index contributed by atoms with van der Waals surface area (Å²) in [4.78, 5) is 12.2. The Kier molecular flexibility index (Phi) is 4.79. The van der Waals surface area contributed by atoms with E-state index < -0.39 is 0 Å². The largest absolute Gasteiger partial charge is 0.497 e. The number of hydrogen-bond donors (Lipinski definition) is 1. The van der Waals surface area contributed by atoms with Gasteiger partial charge in [-0.15, -0.1) is 5.10 Å². The Bertz CT molecular complexity index is 902. The molecule has 0 bridgehead atoms. The van der Waals surface area contributed by atoms with Crippen LogP contribution in [0.4, 0.5) is 6.01 Å². The van der Waals surface area contributed by atoms with Crippen LogP contribution in [-0.2, 0) is 6.42 Å². The number of nitrogens with one attached hydrogen (secondary N) is 1. The van der Waals surface area contributed by atoms with Gasteiger partial charge in [-0.05, 0) is 43.2 Å². The van der Waals surface area contributed by atoms with Crippen molar-refractivity contribution in [3.05, 3.63) is 70.6 Å². The van der Waals surface area contributed by atoms with Gasteiger partial charge in [0.05, 0.1) is 13.5 Å². The number of benzene rings is 2. The minimum Gasteiger partial charge on any atom is -0.497 e. The summed E-state index contributed by atoms with van der Waals surface area (Å²) in [6.45, 7) is 4.10. The lowest BCUT2D eigenvalue weighted by atomic mass is 10.0. The molecule has 1 amide bonds. The first-order valence-electron chi connectivity index (χ1n) is 7.89. The van der Waals surface area contributed by atoms with Crippen molar-refractivity contribution in [2.24, 2.45) is 0 Å². The molecule has 0 aliphatic carbocycles. The zero-order valence-electron chi connectivity index (χ0n) is 14.4. The van der Waals surface area contributed by atoms with Crippen LogP contribution in [0.5, 0.6) is 5.75 Å². The van der Waals surface area contributed by atoms with Crippen LogP contribution in [-0.4, -0.2) is 23.2 Å². The Labute approximate surface area is 145 Å². The lowest BCUT2D eigenvalue weighted by Crippen LogP contribution is -2.12. The molecule has 0 atom stereocenters. The fraction of sp³-hybridized carbons (Fsp3) is 0.211. The minimum atomic E-state index is -0.333. The van der Waals surface area contributed by atoms with E-state index in [-0.39, 0.29) is 11.9 Å². The molecular weight excluding hydrogens is 318 g/mol. The molecule has 0 radical (unpaired) electrons. The number of nitrogens with zero attached hydrogens (tertiary/aromatic N) is 2. The first kappa shape index (κ1) is 16.7. The van der Waals surface area contributed by atoms with E-state index in [9.17, 15) is 4.79 Å². The van der Waals surface area contributed by atoms with Crippen LogP contribution in [0.3, 0.4) is 0 Å². The smallest absolute Gasteiger partial charge is 0.322 e. The Balaban J connectivity index is 1.69. The summed E-state index contributed by atoms with van der Waals surface area (Å²) >= 11 is 0. The van der Waals surface area contributed by atoms with Crippen LogP contribution in [0.2, 0.25) is 0 Å². The molecule has 0 saturated heterocycles. The summed E-state index contributed by atoms with van der Waals surface area (Å²) < 4.78 is 10.6. The molecule has 1 aromatic heterocycles. The van der Waals surface area contributed by atoms with Gasteiger partial charge in [-0.25, -0.2) is 0 Å². The monoisotopic (exact) mass is 337 g/mol. The number of methoxy groups -OCH3 is 1. The van der Waals surface area contributed by atoms with E-state index in [1.807, 2.05) is 19.1 Å². The highest BCUT2D eigenvalue weighted by atomic mass is 16.5. The van der Waals surface area contributed by atoms with Gasteiger partial charge in [-0.2, -0.15) is 0 Å². The average molecular weight is 337 g/mol. The van der Waals surface area contributed by atoms with E-state index in [0.717, 1.165) is 5.56 Å². The first-order valence-corrected chi connectivity index (χ1v) is 7.89. The van der Waals surface area contributed by atoms with Crippen LogP contribution in [0.25, 0.3) is 0 Å². The second-order valence-electron chi connectivity index (χ2n) is 5.79. The van der Waals surface area contributed by atoms with E-state index in [0.29, 0.717) is 23.6 Å². The SMILES string of the molecule is COc1cccc(C(=O)Nc2nnc(Cc3ccc(C)cc3C)o2)c1. The highest BCUT2D eigenvalue weighted by molar-refractivity contribution is 6.03. The molecule has 0 fully saturated rings. The van der Waals surface area contributed by atoms with Crippen molar-refractivity contribution in [2.75, 3.05) is 12.4 Å². The van der Waals surface area contributed by atoms with E-state index in [1.54, 1.807) is 31.4 Å². The highest BCUT2D eigenvalue weighted by Crippen LogP contribution is 2.17. The number of hydrogen-bond acceptors (Lipinski definition) is 5. The van der Waals surface area contributed by atoms with E-state index in [1.165, 1.54) is 11.1 Å². The van der Waals surface area contributed by atoms with Gasteiger partial charge in [-0.1, -0.05) is 34.9 Å². The van der Waals surface area contributed by atoms with Gasteiger partial charge in [0.2, 0.25) is 5.89 Å². The molecule has 0 aliphatic rings. The number of rotatable bonds is 5. The van der Waals surface area contributed by atoms with E-state index in [4.69, 9.17) is 9.15 Å². The number of carbonyl (C=O) groups excluding carboxylic acids is 1. The summed E-state index contributed by atoms with van der Waals surface area (Å²) in [7, 11) is 1.55. The summed E-state index contributed by atoms with van der Waals surface area (Å²) in [5, 5.41) is 10.5. The summed E-state index contributed by atoms with van der Waals surface area (Å²) in [5.41, 5.74) is 3.94. The number of ether oxygens (including phenoxy) is 1. The molecule has 1 N–H and O–H groups in total. The standard InChI is InChI=1S/C19H19N3O3/c1-12-7-8-14(13(2)9-12)11-17-21-22-19(25-17)20-18(23)15-5-4-6-16(10-15)24-3/h4-10H,11H2,1-3H3,(H,20,22,23). The molecule has 6 heteroatoms. The quantitative estimate of drug-likeness (QED) is 0.770. The lowest BCUT2D eigenvalue weighted by molar-refractivity contribution is 0.102. The van der Waals surface area contributed by atoms with Gasteiger partial charge in [0.1, 0.15) is 5.75 Å². The lowest BCUT2D eigenvalue weighted by Gasteiger charge is -2.04. The maximum atomic E-state index is 12.2. The summed E-state index contributed by atoms with van der Waals surface area (Å²) in [6, 6.07) is 13.1. The number of aromatic nitrogens is 2. The molecule has 25 heavy (non-hydrogen) atoms. The van der Waals surface area contributed by atoms with Crippen molar-refractivity contribution in [3.8, 4) is 5.75 Å². The number of anilines is 1. The third kappa shape index (κ3) is 4.03. The average Bonchev–Trinajstić information content (AvgIpc) is 3.04. The van der Waals surface area contributed by atoms with Crippen molar-refractivity contribution in [1.29, 1.82) is 0 Å². The van der Waals surface area contributed by atoms with E-state index >= 15 is 0 Å². The molecule has 0 aliphatic heterocycles. The number of amides is 1. The molecule has 128 valence electrons. The van der Waals surface area contributed by atoms with Crippen LogP contribution in [0.1, 0.15) is 32.9 Å². The second kappa shape index (κ2) is 7.17. The third-order valence-corrected chi connectivity index (χ3v) is 3.86. The van der Waals surface area contributed by atoms with Gasteiger partial charge in [-0.3, -0.25) is 10.1 Å². The maximum Gasteiger partial charge on any atom is 0.322 e. The van der Waals surface area contributed by atoms with E-state index in [2.05, 4.69) is 28.5 Å². The highest BCUT2D eigenvalue weighted by Gasteiger charge is 2.13. The van der Waals surface area contributed by atoms with Gasteiger partial charge in [0.15, 0.2) is 0 Å². The van der Waals surface area contributed by atoms with Crippen molar-refractivity contribution in [3.63, 3.8) is 0 Å². The fourth-order valence-electron chi connectivity index (χ4n) is 2.52. The minimum absolute atomic E-state index is 0.0765. The van der Waals surface area contributed by atoms with Crippen LogP contribution in [0.15, 0.2) is 46.9 Å². The molecule has 0 spiro atoms. The molecule has 0 unspecified atom stereocenters. The van der Waals surface area contributed by atoms with Crippen molar-refractivity contribution >= 4 is 11.9 Å². The van der Waals surface area contributed by atoms with Crippen molar-refractivity contribution in [1.82, 2.24) is 10.2 Å². The Hall–Kier alpha value is -3.15. The topological polar surface area (TPSA) is 77.2 Å². The van der Waals surface area contributed by atoms with Gasteiger partial charge >= 0.3 is 6.01 Å². The first-order chi connectivity index (χ1) is 12.0. The Morgan fingerprint density at radius 1 is 1.16 bits per heavy atom. The van der Waals surface area contributed by atoms with Gasteiger partial charge in [0, 0.05) is 5.56 Å². The van der Waals surface area contributed by atoms with Crippen LogP contribution < -0.4 is 10.1 Å². The van der Waals surface area contributed by atoms with Crippen LogP contribution in [0, 0.1) is 13.8 Å². The number of aryl methyl sites for hydroxylation is 2. The van der Waals surface area contributed by atoms with Crippen molar-refractivity contribution < 1.29 is 13.9 Å². The third-order valence-electron chi connectivity index (χ3n) is 3.86. The van der Waals surface area contributed by atoms with Crippen LogP contribution >= 0.6 is 0 Å². The normalized spacial score (nSPS) is 10.5. The predicted octanol–water partition coefficient (Wildman–Crippen LogP) is 3.54. The second-order valence-corrected chi connectivity index (χ2v) is 5.79. The zero-order chi connectivity index (χ0) is 17.8. The molecule has 6 nitrogen and oxygen atoms in total. The van der Waals surface area contributed by atoms with Crippen molar-refractivity contribution in [2.45, 2.75) is 20.3 Å². The summed E-state index contributed by atoms with van der Waals surface area (Å²) in [5.74, 6) is 0.724. The van der Waals surface area contributed by atoms with Gasteiger partial charge in [0.25, 0.3) is 5.91 Å². The molecule has 0 saturated carbocycles. The maximum absolute atomic E-state index is 12.2. The zero-order valence-corrected chi connectivity index (χ0v) is 14.4. The number of carbonyl (C=O) groups is 1. The Morgan fingerprint density at radius 3 is 2.76 bits per heavy atom. The molecule has 2 aromatic carbocycles. The molecular formula is C19H19N3O3. The molecule has 3 rings (SSSR count). The Morgan fingerprint density at radius 2 is 2.00 bits per heavy atom.